The van der Waals surface area contributed by atoms with E-state index in [1.807, 2.05) is 13.8 Å². The average molecular weight is 251 g/mol. The second kappa shape index (κ2) is 5.30. The Morgan fingerprint density at radius 3 is 3.00 bits per heavy atom. The fraction of sp³-hybridized carbons (Fsp3) is 0.583. The third-order valence-electron chi connectivity index (χ3n) is 3.25. The molecule has 0 saturated carbocycles. The van der Waals surface area contributed by atoms with Gasteiger partial charge < -0.3 is 10.1 Å². The maximum absolute atomic E-state index is 10.9. The predicted octanol–water partition coefficient (Wildman–Crippen LogP) is 2.14. The number of anilines is 1. The van der Waals surface area contributed by atoms with Gasteiger partial charge >= 0.3 is 5.69 Å². The fourth-order valence-electron chi connectivity index (χ4n) is 2.08. The molecule has 0 bridgehead atoms. The van der Waals surface area contributed by atoms with E-state index in [1.54, 1.807) is 6.07 Å². The number of aromatic nitrogens is 1. The standard InChI is InChI=1S/C12H17N3O3/c1-8-3-4-11(15(16)17)12(13-8)14-9(2)10-5-6-18-7-10/h3-4,9-10H,5-7H2,1-2H3,(H,13,14). The highest BCUT2D eigenvalue weighted by atomic mass is 16.6. The predicted molar refractivity (Wildman–Crippen MR) is 67.6 cm³/mol. The molecule has 1 fully saturated rings. The van der Waals surface area contributed by atoms with Crippen LogP contribution < -0.4 is 5.32 Å². The fourth-order valence-corrected chi connectivity index (χ4v) is 2.08. The maximum atomic E-state index is 10.9. The molecule has 6 heteroatoms. The van der Waals surface area contributed by atoms with Gasteiger partial charge in [0.2, 0.25) is 5.82 Å². The van der Waals surface area contributed by atoms with Crippen molar-refractivity contribution in [1.82, 2.24) is 4.98 Å². The minimum Gasteiger partial charge on any atom is -0.381 e. The molecule has 1 saturated heterocycles. The summed E-state index contributed by atoms with van der Waals surface area (Å²) in [6, 6.07) is 3.25. The van der Waals surface area contributed by atoms with Gasteiger partial charge in [0.25, 0.3) is 0 Å². The summed E-state index contributed by atoms with van der Waals surface area (Å²) < 4.78 is 5.32. The molecule has 6 nitrogen and oxygen atoms in total. The van der Waals surface area contributed by atoms with E-state index in [-0.39, 0.29) is 11.7 Å². The molecule has 98 valence electrons. The smallest absolute Gasteiger partial charge is 0.311 e. The van der Waals surface area contributed by atoms with Gasteiger partial charge in [-0.2, -0.15) is 0 Å². The van der Waals surface area contributed by atoms with Crippen LogP contribution in [0.1, 0.15) is 19.0 Å². The summed E-state index contributed by atoms with van der Waals surface area (Å²) in [7, 11) is 0. The molecule has 0 amide bonds. The van der Waals surface area contributed by atoms with Gasteiger partial charge in [-0.3, -0.25) is 10.1 Å². The highest BCUT2D eigenvalue weighted by Gasteiger charge is 2.25. The van der Waals surface area contributed by atoms with Crippen molar-refractivity contribution in [3.63, 3.8) is 0 Å². The normalized spacial score (nSPS) is 20.7. The molecular formula is C12H17N3O3. The zero-order valence-corrected chi connectivity index (χ0v) is 10.5. The van der Waals surface area contributed by atoms with E-state index in [9.17, 15) is 10.1 Å². The Morgan fingerprint density at radius 2 is 2.39 bits per heavy atom. The van der Waals surface area contributed by atoms with Crippen LogP contribution in [0.4, 0.5) is 11.5 Å². The molecule has 1 N–H and O–H groups in total. The Hall–Kier alpha value is -1.69. The summed E-state index contributed by atoms with van der Waals surface area (Å²) in [6.45, 7) is 5.29. The van der Waals surface area contributed by atoms with Crippen molar-refractivity contribution in [2.24, 2.45) is 5.92 Å². The number of pyridine rings is 1. The molecule has 0 aliphatic carbocycles. The van der Waals surface area contributed by atoms with Crippen LogP contribution >= 0.6 is 0 Å². The Kier molecular flexibility index (Phi) is 3.76. The van der Waals surface area contributed by atoms with Crippen molar-refractivity contribution in [2.45, 2.75) is 26.3 Å². The Morgan fingerprint density at radius 1 is 1.61 bits per heavy atom. The zero-order chi connectivity index (χ0) is 13.1. The second-order valence-corrected chi connectivity index (χ2v) is 4.63. The summed E-state index contributed by atoms with van der Waals surface area (Å²) in [5.74, 6) is 0.728. The molecule has 0 spiro atoms. The SMILES string of the molecule is Cc1ccc([N+](=O)[O-])c(NC(C)C2CCOC2)n1. The minimum absolute atomic E-state index is 0.0198. The van der Waals surface area contributed by atoms with Gasteiger partial charge in [-0.25, -0.2) is 4.98 Å². The molecule has 1 aromatic rings. The molecular weight excluding hydrogens is 234 g/mol. The van der Waals surface area contributed by atoms with Crippen LogP contribution in [0.25, 0.3) is 0 Å². The lowest BCUT2D eigenvalue weighted by atomic mass is 10.0. The lowest BCUT2D eigenvalue weighted by molar-refractivity contribution is -0.384. The van der Waals surface area contributed by atoms with Gasteiger partial charge in [-0.05, 0) is 26.3 Å². The van der Waals surface area contributed by atoms with Crippen molar-refractivity contribution >= 4 is 11.5 Å². The number of aryl methyl sites for hydroxylation is 1. The van der Waals surface area contributed by atoms with Crippen LogP contribution in [0, 0.1) is 23.0 Å². The zero-order valence-electron chi connectivity index (χ0n) is 10.5. The minimum atomic E-state index is -0.410. The highest BCUT2D eigenvalue weighted by Crippen LogP contribution is 2.25. The van der Waals surface area contributed by atoms with E-state index in [0.29, 0.717) is 18.3 Å². The molecule has 18 heavy (non-hydrogen) atoms. The molecule has 1 aromatic heterocycles. The van der Waals surface area contributed by atoms with Crippen molar-refractivity contribution < 1.29 is 9.66 Å². The number of rotatable bonds is 4. The van der Waals surface area contributed by atoms with Crippen molar-refractivity contribution in [1.29, 1.82) is 0 Å². The monoisotopic (exact) mass is 251 g/mol. The summed E-state index contributed by atoms with van der Waals surface area (Å²) in [4.78, 5) is 14.7. The maximum Gasteiger partial charge on any atom is 0.311 e. The molecule has 2 heterocycles. The van der Waals surface area contributed by atoms with Crippen molar-refractivity contribution in [2.75, 3.05) is 18.5 Å². The third kappa shape index (κ3) is 2.76. The second-order valence-electron chi connectivity index (χ2n) is 4.63. The molecule has 1 aliphatic heterocycles. The largest absolute Gasteiger partial charge is 0.381 e. The topological polar surface area (TPSA) is 77.3 Å². The number of hydrogen-bond acceptors (Lipinski definition) is 5. The van der Waals surface area contributed by atoms with Gasteiger partial charge in [-0.1, -0.05) is 0 Å². The van der Waals surface area contributed by atoms with E-state index in [1.165, 1.54) is 6.07 Å². The van der Waals surface area contributed by atoms with Gasteiger partial charge in [0.15, 0.2) is 0 Å². The van der Waals surface area contributed by atoms with Gasteiger partial charge in [0.1, 0.15) is 0 Å². The molecule has 0 radical (unpaired) electrons. The number of ether oxygens (including phenoxy) is 1. The Bertz CT molecular complexity index is 444. The Balaban J connectivity index is 2.16. The van der Waals surface area contributed by atoms with Crippen LogP contribution in [0.3, 0.4) is 0 Å². The lowest BCUT2D eigenvalue weighted by Crippen LogP contribution is -2.27. The molecule has 2 unspecified atom stereocenters. The summed E-state index contributed by atoms with van der Waals surface area (Å²) >= 11 is 0. The molecule has 1 aliphatic rings. The number of hydrogen-bond donors (Lipinski definition) is 1. The first-order chi connectivity index (χ1) is 8.58. The van der Waals surface area contributed by atoms with Crippen LogP contribution in [-0.4, -0.2) is 29.2 Å². The first-order valence-electron chi connectivity index (χ1n) is 6.04. The molecule has 0 aromatic carbocycles. The van der Waals surface area contributed by atoms with Crippen molar-refractivity contribution in [3.05, 3.63) is 27.9 Å². The first kappa shape index (κ1) is 12.8. The summed E-state index contributed by atoms with van der Waals surface area (Å²) in [5.41, 5.74) is 0.782. The average Bonchev–Trinajstić information content (AvgIpc) is 2.81. The van der Waals surface area contributed by atoms with Crippen LogP contribution in [0.15, 0.2) is 12.1 Å². The van der Waals surface area contributed by atoms with E-state index in [2.05, 4.69) is 10.3 Å². The quantitative estimate of drug-likeness (QED) is 0.655. The lowest BCUT2D eigenvalue weighted by Gasteiger charge is -2.19. The highest BCUT2D eigenvalue weighted by molar-refractivity contribution is 5.56. The van der Waals surface area contributed by atoms with E-state index >= 15 is 0 Å². The van der Waals surface area contributed by atoms with Crippen LogP contribution in [0.2, 0.25) is 0 Å². The van der Waals surface area contributed by atoms with E-state index in [0.717, 1.165) is 18.7 Å². The molecule has 2 rings (SSSR count). The van der Waals surface area contributed by atoms with E-state index < -0.39 is 4.92 Å². The number of nitro groups is 1. The summed E-state index contributed by atoms with van der Waals surface area (Å²) in [6.07, 6.45) is 0.980. The van der Waals surface area contributed by atoms with E-state index in [4.69, 9.17) is 4.74 Å². The van der Waals surface area contributed by atoms with Crippen LogP contribution in [0.5, 0.6) is 0 Å². The van der Waals surface area contributed by atoms with Gasteiger partial charge in [0, 0.05) is 30.3 Å². The summed E-state index contributed by atoms with van der Waals surface area (Å²) in [5, 5.41) is 14.1. The first-order valence-corrected chi connectivity index (χ1v) is 6.04. The third-order valence-corrected chi connectivity index (χ3v) is 3.25. The molecule has 2 atom stereocenters. The number of nitrogens with one attached hydrogen (secondary N) is 1. The van der Waals surface area contributed by atoms with Gasteiger partial charge in [-0.15, -0.1) is 0 Å². The van der Waals surface area contributed by atoms with Crippen LogP contribution in [-0.2, 0) is 4.74 Å². The Labute approximate surface area is 106 Å². The van der Waals surface area contributed by atoms with Gasteiger partial charge in [0.05, 0.1) is 11.5 Å². The number of nitrogens with zero attached hydrogens (tertiary/aromatic N) is 2. The van der Waals surface area contributed by atoms with Crippen molar-refractivity contribution in [3.8, 4) is 0 Å².